The maximum Gasteiger partial charge on any atom is 0.326 e. The molecule has 1 fully saturated rings. The fraction of sp³-hybridized carbons (Fsp3) is 0.676. The molecule has 0 unspecified atom stereocenters. The Hall–Kier alpha value is -5.63. The molecule has 5 amide bonds. The summed E-state index contributed by atoms with van der Waals surface area (Å²) < 4.78 is 0. The van der Waals surface area contributed by atoms with Crippen LogP contribution in [0, 0.1) is 11.8 Å². The molecule has 1 aliphatic rings. The minimum Gasteiger partial charge on any atom is -0.481 e. The topological polar surface area (TPSA) is 349 Å². The maximum absolute atomic E-state index is 13.2. The second-order valence-corrected chi connectivity index (χ2v) is 13.4. The zero-order chi connectivity index (χ0) is 41.7. The number of rotatable bonds is 27. The first-order valence-electron chi connectivity index (χ1n) is 17.9. The lowest BCUT2D eigenvalue weighted by Crippen LogP contribution is -2.55. The van der Waals surface area contributed by atoms with Crippen molar-refractivity contribution in [1.82, 2.24) is 26.6 Å². The quantitative estimate of drug-likeness (QED) is 0.0485. The largest absolute Gasteiger partial charge is 0.481 e. The molecule has 55 heavy (non-hydrogen) atoms. The first-order chi connectivity index (χ1) is 25.8. The summed E-state index contributed by atoms with van der Waals surface area (Å²) in [5.74, 6) is -11.3. The van der Waals surface area contributed by atoms with E-state index in [9.17, 15) is 63.0 Å². The molecular weight excluding hydrogens is 734 g/mol. The lowest BCUT2D eigenvalue weighted by molar-refractivity contribution is -0.143. The average Bonchev–Trinajstić information content (AvgIpc) is 3.10. The summed E-state index contributed by atoms with van der Waals surface area (Å²) in [5, 5.41) is 57.6. The van der Waals surface area contributed by atoms with Crippen LogP contribution in [0.1, 0.15) is 103 Å². The number of aliphatic carboxylic acids is 5. The molecule has 10 N–H and O–H groups in total. The van der Waals surface area contributed by atoms with E-state index in [0.29, 0.717) is 32.2 Å². The van der Waals surface area contributed by atoms with Crippen molar-refractivity contribution in [1.29, 1.82) is 0 Å². The van der Waals surface area contributed by atoms with Gasteiger partial charge in [0.05, 0.1) is 6.04 Å². The molecule has 308 valence electrons. The van der Waals surface area contributed by atoms with E-state index in [1.165, 1.54) is 0 Å². The molecular formula is C34H51N5O16. The highest BCUT2D eigenvalue weighted by molar-refractivity contribution is 5.95. The van der Waals surface area contributed by atoms with Crippen molar-refractivity contribution in [3.8, 4) is 0 Å². The first kappa shape index (κ1) is 47.4. The SMILES string of the molecule is CC(=O)[C@H](CCC(=O)O)NC(=O)[C@H](CCC(=O)O)NC(=O)[C@H](CCC(=O)O)NC(=O)CC[C@H](NC(=O)C1CCC(CNC(=O)CCCC(=O)O)CC1)C(=O)O. The molecule has 21 nitrogen and oxygen atoms in total. The van der Waals surface area contributed by atoms with Gasteiger partial charge in [0.2, 0.25) is 29.5 Å². The van der Waals surface area contributed by atoms with E-state index < -0.39 is 134 Å². The lowest BCUT2D eigenvalue weighted by atomic mass is 9.81. The van der Waals surface area contributed by atoms with Gasteiger partial charge in [-0.05, 0) is 70.6 Å². The van der Waals surface area contributed by atoms with Gasteiger partial charge in [0.15, 0.2) is 5.78 Å². The standard InChI is InChI=1S/C34H51N5O16/c1-18(40)21(10-14-28(45)46)37-33(53)23(12-16-30(49)50)38-32(52)22(11-15-29(47)48)36-26(42)13-9-24(34(54)55)39-31(51)20-7-5-19(6-8-20)17-35-25(41)3-2-4-27(43)44/h19-24H,2-17H2,1H3,(H,35,41)(H,36,42)(H,37,53)(H,38,52)(H,39,51)(H,43,44)(H,45,46)(H,47,48)(H,49,50)(H,54,55)/t19?,20?,21-,22-,23-,24-/m0/s1. The van der Waals surface area contributed by atoms with E-state index in [0.717, 1.165) is 6.92 Å². The van der Waals surface area contributed by atoms with Crippen LogP contribution in [0.5, 0.6) is 0 Å². The van der Waals surface area contributed by atoms with Crippen molar-refractivity contribution in [3.63, 3.8) is 0 Å². The fourth-order valence-corrected chi connectivity index (χ4v) is 5.73. The Balaban J connectivity index is 2.84. The van der Waals surface area contributed by atoms with E-state index in [-0.39, 0.29) is 37.5 Å². The molecule has 4 atom stereocenters. The van der Waals surface area contributed by atoms with Crippen LogP contribution in [0.3, 0.4) is 0 Å². The molecule has 0 aliphatic heterocycles. The third-order valence-corrected chi connectivity index (χ3v) is 8.91. The Morgan fingerprint density at radius 3 is 1.44 bits per heavy atom. The van der Waals surface area contributed by atoms with E-state index in [2.05, 4.69) is 26.6 Å². The summed E-state index contributed by atoms with van der Waals surface area (Å²) in [7, 11) is 0. The smallest absolute Gasteiger partial charge is 0.326 e. The van der Waals surface area contributed by atoms with Crippen LogP contribution in [0.4, 0.5) is 0 Å². The van der Waals surface area contributed by atoms with Gasteiger partial charge in [0.25, 0.3) is 0 Å². The van der Waals surface area contributed by atoms with Crippen LogP contribution in [0.15, 0.2) is 0 Å². The minimum atomic E-state index is -1.60. The van der Waals surface area contributed by atoms with Gasteiger partial charge in [-0.25, -0.2) is 4.79 Å². The predicted molar refractivity (Wildman–Crippen MR) is 186 cm³/mol. The van der Waals surface area contributed by atoms with E-state index in [4.69, 9.17) is 15.3 Å². The molecule has 0 saturated heterocycles. The fourth-order valence-electron chi connectivity index (χ4n) is 5.73. The Morgan fingerprint density at radius 2 is 0.964 bits per heavy atom. The Morgan fingerprint density at radius 1 is 0.509 bits per heavy atom. The van der Waals surface area contributed by atoms with Gasteiger partial charge in [-0.2, -0.15) is 0 Å². The van der Waals surface area contributed by atoms with Crippen molar-refractivity contribution >= 4 is 65.2 Å². The van der Waals surface area contributed by atoms with Crippen molar-refractivity contribution in [2.75, 3.05) is 6.54 Å². The van der Waals surface area contributed by atoms with Crippen molar-refractivity contribution < 1.29 is 78.3 Å². The van der Waals surface area contributed by atoms with Crippen molar-refractivity contribution in [2.24, 2.45) is 11.8 Å². The van der Waals surface area contributed by atoms with Gasteiger partial charge in [0.1, 0.15) is 18.1 Å². The van der Waals surface area contributed by atoms with E-state index in [1.54, 1.807) is 0 Å². The summed E-state index contributed by atoms with van der Waals surface area (Å²) >= 11 is 0. The Kier molecular flexibility index (Phi) is 21.2. The number of carbonyl (C=O) groups excluding carboxylic acids is 6. The second-order valence-electron chi connectivity index (χ2n) is 13.4. The van der Waals surface area contributed by atoms with Gasteiger partial charge in [0, 0.05) is 51.0 Å². The molecule has 0 aromatic rings. The molecule has 1 aliphatic carbocycles. The average molecular weight is 786 g/mol. The molecule has 1 saturated carbocycles. The van der Waals surface area contributed by atoms with E-state index in [1.807, 2.05) is 0 Å². The molecule has 1 rings (SSSR count). The Labute approximate surface area is 315 Å². The number of hydrogen-bond donors (Lipinski definition) is 10. The number of carboxylic acids is 5. The van der Waals surface area contributed by atoms with Gasteiger partial charge in [-0.3, -0.25) is 47.9 Å². The summed E-state index contributed by atoms with van der Waals surface area (Å²) in [6, 6.07) is -5.99. The van der Waals surface area contributed by atoms with Crippen LogP contribution < -0.4 is 26.6 Å². The number of ketones is 1. The zero-order valence-electron chi connectivity index (χ0n) is 30.5. The summed E-state index contributed by atoms with van der Waals surface area (Å²) in [4.78, 5) is 132. The first-order valence-corrected chi connectivity index (χ1v) is 17.9. The number of hydrogen-bond acceptors (Lipinski definition) is 11. The summed E-state index contributed by atoms with van der Waals surface area (Å²) in [6.45, 7) is 1.44. The van der Waals surface area contributed by atoms with Gasteiger partial charge in [-0.1, -0.05) is 0 Å². The highest BCUT2D eigenvalue weighted by Gasteiger charge is 2.32. The normalized spacial score (nSPS) is 17.2. The zero-order valence-corrected chi connectivity index (χ0v) is 30.5. The Bertz CT molecular complexity index is 1430. The summed E-state index contributed by atoms with van der Waals surface area (Å²) in [5.41, 5.74) is 0. The van der Waals surface area contributed by atoms with Crippen molar-refractivity contribution in [3.05, 3.63) is 0 Å². The monoisotopic (exact) mass is 785 g/mol. The van der Waals surface area contributed by atoms with E-state index >= 15 is 0 Å². The van der Waals surface area contributed by atoms with Crippen LogP contribution in [-0.2, 0) is 52.7 Å². The molecule has 0 heterocycles. The molecule has 0 radical (unpaired) electrons. The van der Waals surface area contributed by atoms with Crippen LogP contribution >= 0.6 is 0 Å². The number of amides is 5. The minimum absolute atomic E-state index is 0.0702. The number of carboxylic acid groups (broad SMARTS) is 5. The molecule has 0 aromatic heterocycles. The van der Waals surface area contributed by atoms with Gasteiger partial charge >= 0.3 is 29.8 Å². The van der Waals surface area contributed by atoms with Crippen molar-refractivity contribution in [2.45, 2.75) is 127 Å². The number of carbonyl (C=O) groups is 11. The predicted octanol–water partition coefficient (Wildman–Crippen LogP) is -0.849. The van der Waals surface area contributed by atoms with Crippen LogP contribution in [-0.4, -0.2) is 121 Å². The molecule has 0 bridgehead atoms. The highest BCUT2D eigenvalue weighted by atomic mass is 16.4. The van der Waals surface area contributed by atoms with Gasteiger partial charge < -0.3 is 52.1 Å². The highest BCUT2D eigenvalue weighted by Crippen LogP contribution is 2.28. The maximum atomic E-state index is 13.2. The van der Waals surface area contributed by atoms with Crippen LogP contribution in [0.2, 0.25) is 0 Å². The second kappa shape index (κ2) is 24.6. The number of Topliss-reactive ketones (excluding diaryl/α,β-unsaturated/α-hetero) is 1. The third kappa shape index (κ3) is 20.4. The molecule has 21 heteroatoms. The third-order valence-electron chi connectivity index (χ3n) is 8.91. The number of nitrogens with one attached hydrogen (secondary N) is 5. The van der Waals surface area contributed by atoms with Gasteiger partial charge in [-0.15, -0.1) is 0 Å². The molecule has 0 aromatic carbocycles. The lowest BCUT2D eigenvalue weighted by Gasteiger charge is -2.29. The summed E-state index contributed by atoms with van der Waals surface area (Å²) in [6.07, 6.45) is -1.91. The molecule has 0 spiro atoms. The van der Waals surface area contributed by atoms with Crippen LogP contribution in [0.25, 0.3) is 0 Å².